The maximum atomic E-state index is 14.1. The molecule has 34 heavy (non-hydrogen) atoms. The number of halogens is 1. The molecule has 2 saturated heterocycles. The number of pyridine rings is 1. The third kappa shape index (κ3) is 3.40. The molecule has 0 radical (unpaired) electrons. The topological polar surface area (TPSA) is 103 Å². The molecule has 172 valence electrons. The van der Waals surface area contributed by atoms with Gasteiger partial charge in [-0.05, 0) is 31.0 Å². The molecular weight excluding hydrogens is 433 g/mol. The van der Waals surface area contributed by atoms with Crippen molar-refractivity contribution in [1.29, 1.82) is 5.26 Å². The van der Waals surface area contributed by atoms with E-state index in [1.54, 1.807) is 18.6 Å². The Kier molecular flexibility index (Phi) is 4.99. The molecule has 4 aromatic rings. The van der Waals surface area contributed by atoms with E-state index in [1.807, 2.05) is 34.2 Å². The molecule has 9 nitrogen and oxygen atoms in total. The number of nitrogens with zero attached hydrogens (tertiary/aromatic N) is 8. The number of piperidine rings is 1. The maximum absolute atomic E-state index is 14.1. The van der Waals surface area contributed by atoms with Crippen molar-refractivity contribution < 1.29 is 4.39 Å². The Hall–Kier alpha value is -3.84. The highest BCUT2D eigenvalue weighted by molar-refractivity contribution is 5.90. The molecule has 4 aromatic heterocycles. The molecule has 0 saturated carbocycles. The van der Waals surface area contributed by atoms with Crippen LogP contribution in [0, 0.1) is 17.1 Å². The van der Waals surface area contributed by atoms with Crippen molar-refractivity contribution in [3.63, 3.8) is 0 Å². The normalized spacial score (nSPS) is 18.6. The second kappa shape index (κ2) is 8.18. The Labute approximate surface area is 195 Å². The molecule has 2 aliphatic heterocycles. The van der Waals surface area contributed by atoms with Gasteiger partial charge in [-0.15, -0.1) is 0 Å². The van der Waals surface area contributed by atoms with E-state index in [2.05, 4.69) is 36.0 Å². The average Bonchev–Trinajstić information content (AvgIpc) is 3.52. The highest BCUT2D eigenvalue weighted by Gasteiger charge is 2.48. The molecule has 2 fully saturated rings. The van der Waals surface area contributed by atoms with Crippen LogP contribution in [0.5, 0.6) is 0 Å². The molecule has 0 aromatic carbocycles. The first-order valence-electron chi connectivity index (χ1n) is 11.5. The third-order valence-corrected chi connectivity index (χ3v) is 7.12. The van der Waals surface area contributed by atoms with Crippen LogP contribution in [-0.4, -0.2) is 66.8 Å². The standard InChI is InChI=1S/C24H24FN9/c25-20-2-1-8-28-23(20)32-10-4-18(5-11-32)33-14-24(15-33,6-7-26)34-13-17(12-31-34)21-19-3-9-27-22(19)30-16-29-21/h1-3,8-9,12-13,16,18H,4-6,10-11,14-15H2,(H,27,29,30). The highest BCUT2D eigenvalue weighted by Crippen LogP contribution is 2.37. The second-order valence-corrected chi connectivity index (χ2v) is 9.13. The fourth-order valence-corrected chi connectivity index (χ4v) is 5.31. The van der Waals surface area contributed by atoms with Gasteiger partial charge in [-0.3, -0.25) is 9.58 Å². The number of aromatic amines is 1. The molecule has 6 heterocycles. The first kappa shape index (κ1) is 20.7. The van der Waals surface area contributed by atoms with Crippen molar-refractivity contribution in [1.82, 2.24) is 34.6 Å². The van der Waals surface area contributed by atoms with Crippen molar-refractivity contribution in [3.05, 3.63) is 55.1 Å². The highest BCUT2D eigenvalue weighted by atomic mass is 19.1. The minimum Gasteiger partial charge on any atom is -0.354 e. The number of aromatic nitrogens is 6. The van der Waals surface area contributed by atoms with Crippen molar-refractivity contribution >= 4 is 16.9 Å². The molecular formula is C24H24FN9. The van der Waals surface area contributed by atoms with E-state index in [9.17, 15) is 9.65 Å². The first-order valence-corrected chi connectivity index (χ1v) is 11.5. The lowest BCUT2D eigenvalue weighted by atomic mass is 9.84. The first-order chi connectivity index (χ1) is 16.7. The Morgan fingerprint density at radius 2 is 2.03 bits per heavy atom. The average molecular weight is 458 g/mol. The largest absolute Gasteiger partial charge is 0.354 e. The van der Waals surface area contributed by atoms with Crippen LogP contribution in [0.1, 0.15) is 19.3 Å². The van der Waals surface area contributed by atoms with Crippen LogP contribution in [0.3, 0.4) is 0 Å². The van der Waals surface area contributed by atoms with Gasteiger partial charge in [-0.2, -0.15) is 10.4 Å². The van der Waals surface area contributed by atoms with Crippen LogP contribution in [-0.2, 0) is 5.54 Å². The number of likely N-dealkylation sites (tertiary alicyclic amines) is 1. The summed E-state index contributed by atoms with van der Waals surface area (Å²) < 4.78 is 16.1. The molecule has 0 atom stereocenters. The Balaban J connectivity index is 1.16. The monoisotopic (exact) mass is 457 g/mol. The summed E-state index contributed by atoms with van der Waals surface area (Å²) >= 11 is 0. The SMILES string of the molecule is N#CCC1(n2cc(-c3ncnc4[nH]ccc34)cn2)CN(C2CCN(c3ncccc3F)CC2)C1. The van der Waals surface area contributed by atoms with Gasteiger partial charge < -0.3 is 9.88 Å². The fourth-order valence-electron chi connectivity index (χ4n) is 5.31. The van der Waals surface area contributed by atoms with Crippen molar-refractivity contribution in [2.24, 2.45) is 0 Å². The van der Waals surface area contributed by atoms with Crippen LogP contribution < -0.4 is 4.90 Å². The lowest BCUT2D eigenvalue weighted by molar-refractivity contribution is -0.0325. The zero-order valence-electron chi connectivity index (χ0n) is 18.6. The lowest BCUT2D eigenvalue weighted by Gasteiger charge is -2.53. The van der Waals surface area contributed by atoms with E-state index in [-0.39, 0.29) is 11.4 Å². The van der Waals surface area contributed by atoms with Gasteiger partial charge in [0.2, 0.25) is 0 Å². The van der Waals surface area contributed by atoms with Gasteiger partial charge >= 0.3 is 0 Å². The predicted octanol–water partition coefficient (Wildman–Crippen LogP) is 2.95. The van der Waals surface area contributed by atoms with Crippen LogP contribution in [0.4, 0.5) is 10.2 Å². The minimum absolute atomic E-state index is 0.270. The summed E-state index contributed by atoms with van der Waals surface area (Å²) in [6.07, 6.45) is 11.1. The van der Waals surface area contributed by atoms with E-state index in [4.69, 9.17) is 0 Å². The molecule has 0 amide bonds. The summed E-state index contributed by atoms with van der Waals surface area (Å²) in [5.74, 6) is 0.168. The molecule has 0 aliphatic carbocycles. The van der Waals surface area contributed by atoms with E-state index in [0.29, 0.717) is 18.3 Å². The number of nitriles is 1. The molecule has 2 aliphatic rings. The number of anilines is 1. The van der Waals surface area contributed by atoms with Gasteiger partial charge in [0.1, 0.15) is 17.5 Å². The number of nitrogens with one attached hydrogen (secondary N) is 1. The second-order valence-electron chi connectivity index (χ2n) is 9.13. The molecule has 0 spiro atoms. The molecule has 10 heteroatoms. The Morgan fingerprint density at radius 1 is 1.18 bits per heavy atom. The van der Waals surface area contributed by atoms with E-state index >= 15 is 0 Å². The van der Waals surface area contributed by atoms with Gasteiger partial charge in [0.25, 0.3) is 0 Å². The van der Waals surface area contributed by atoms with Gasteiger partial charge in [0.05, 0.1) is 24.4 Å². The third-order valence-electron chi connectivity index (χ3n) is 7.12. The van der Waals surface area contributed by atoms with Crippen molar-refractivity contribution in [2.45, 2.75) is 30.8 Å². The van der Waals surface area contributed by atoms with Gasteiger partial charge in [-0.1, -0.05) is 0 Å². The van der Waals surface area contributed by atoms with Crippen LogP contribution in [0.25, 0.3) is 22.3 Å². The number of fused-ring (bicyclic) bond motifs is 1. The van der Waals surface area contributed by atoms with E-state index in [1.165, 1.54) is 6.07 Å². The van der Waals surface area contributed by atoms with Gasteiger partial charge in [0.15, 0.2) is 11.6 Å². The number of H-pyrrole nitrogens is 1. The summed E-state index contributed by atoms with van der Waals surface area (Å²) in [6, 6.07) is 7.81. The van der Waals surface area contributed by atoms with Crippen molar-refractivity contribution in [2.75, 3.05) is 31.1 Å². The summed E-state index contributed by atoms with van der Waals surface area (Å²) in [5, 5.41) is 15.2. The molecule has 0 bridgehead atoms. The Bertz CT molecular complexity index is 1360. The maximum Gasteiger partial charge on any atom is 0.165 e. The summed E-state index contributed by atoms with van der Waals surface area (Å²) in [7, 11) is 0. The van der Waals surface area contributed by atoms with Crippen LogP contribution >= 0.6 is 0 Å². The van der Waals surface area contributed by atoms with Crippen molar-refractivity contribution in [3.8, 4) is 17.3 Å². The van der Waals surface area contributed by atoms with Crippen LogP contribution in [0.2, 0.25) is 0 Å². The summed E-state index contributed by atoms with van der Waals surface area (Å²) in [4.78, 5) is 20.5. The molecule has 6 rings (SSSR count). The number of hydrogen-bond acceptors (Lipinski definition) is 7. The molecule has 1 N–H and O–H groups in total. The summed E-state index contributed by atoms with van der Waals surface area (Å²) in [5.41, 5.74) is 2.18. The van der Waals surface area contributed by atoms with E-state index < -0.39 is 0 Å². The lowest BCUT2D eigenvalue weighted by Crippen LogP contribution is -2.66. The zero-order chi connectivity index (χ0) is 23.1. The van der Waals surface area contributed by atoms with Gasteiger partial charge in [-0.25, -0.2) is 19.3 Å². The number of rotatable bonds is 5. The smallest absolute Gasteiger partial charge is 0.165 e. The van der Waals surface area contributed by atoms with Crippen LogP contribution in [0.15, 0.2) is 49.3 Å². The van der Waals surface area contributed by atoms with E-state index in [0.717, 1.165) is 61.3 Å². The Morgan fingerprint density at radius 3 is 2.82 bits per heavy atom. The predicted molar refractivity (Wildman–Crippen MR) is 124 cm³/mol. The minimum atomic E-state index is -0.346. The number of hydrogen-bond donors (Lipinski definition) is 1. The fraction of sp³-hybridized carbons (Fsp3) is 0.375. The molecule has 0 unspecified atom stereocenters. The summed E-state index contributed by atoms with van der Waals surface area (Å²) in [6.45, 7) is 3.08. The quantitative estimate of drug-likeness (QED) is 0.492. The zero-order valence-corrected chi connectivity index (χ0v) is 18.6. The van der Waals surface area contributed by atoms with Gasteiger partial charge in [0, 0.05) is 61.8 Å².